The van der Waals surface area contributed by atoms with E-state index in [4.69, 9.17) is 5.26 Å². The van der Waals surface area contributed by atoms with Gasteiger partial charge in [0.15, 0.2) is 0 Å². The molecule has 2 aliphatic heterocycles. The second-order valence-corrected chi connectivity index (χ2v) is 4.78. The average molecular weight is 230 g/mol. The minimum atomic E-state index is -0.134. The van der Waals surface area contributed by atoms with Gasteiger partial charge in [0.05, 0.1) is 5.56 Å². The van der Waals surface area contributed by atoms with Crippen molar-refractivity contribution < 1.29 is 4.79 Å². The van der Waals surface area contributed by atoms with Crippen LogP contribution < -0.4 is 5.32 Å². The minimum absolute atomic E-state index is 0.134. The lowest BCUT2D eigenvalue weighted by atomic mass is 10.0. The zero-order valence-electron chi connectivity index (χ0n) is 9.47. The molecule has 1 aromatic heterocycles. The molecule has 2 unspecified atom stereocenters. The molecular formula is C12H14N4O. The number of piperidine rings is 1. The summed E-state index contributed by atoms with van der Waals surface area (Å²) in [7, 11) is 0. The van der Waals surface area contributed by atoms with Crippen LogP contribution in [0.4, 0.5) is 4.79 Å². The van der Waals surface area contributed by atoms with E-state index in [9.17, 15) is 4.79 Å². The number of fused-ring (bicyclic) bond motifs is 2. The number of nitrogens with zero attached hydrogens (tertiary/aromatic N) is 3. The molecule has 2 fully saturated rings. The van der Waals surface area contributed by atoms with E-state index in [1.54, 1.807) is 18.5 Å². The number of carbonyl (C=O) groups is 1. The van der Waals surface area contributed by atoms with Crippen molar-refractivity contribution in [3.05, 3.63) is 24.0 Å². The van der Waals surface area contributed by atoms with Gasteiger partial charge in [-0.05, 0) is 24.9 Å². The third kappa shape index (κ3) is 1.81. The van der Waals surface area contributed by atoms with Crippen LogP contribution in [-0.4, -0.2) is 41.2 Å². The summed E-state index contributed by atoms with van der Waals surface area (Å²) >= 11 is 0. The number of rotatable bonds is 1. The number of nitrogens with one attached hydrogen (secondary N) is 1. The van der Waals surface area contributed by atoms with Crippen LogP contribution in [0.2, 0.25) is 0 Å². The number of nitriles is 1. The minimum Gasteiger partial charge on any atom is -0.333 e. The predicted octanol–water partition coefficient (Wildman–Crippen LogP) is 0.622. The maximum atomic E-state index is 11.9. The Morgan fingerprint density at radius 3 is 3.00 bits per heavy atom. The molecule has 5 heteroatoms. The third-order valence-corrected chi connectivity index (χ3v) is 3.70. The van der Waals surface area contributed by atoms with Crippen molar-refractivity contribution in [2.24, 2.45) is 5.92 Å². The predicted molar refractivity (Wildman–Crippen MR) is 61.4 cm³/mol. The van der Waals surface area contributed by atoms with Crippen LogP contribution in [0.1, 0.15) is 12.0 Å². The molecule has 2 aliphatic rings. The molecule has 3 atom stereocenters. The summed E-state index contributed by atoms with van der Waals surface area (Å²) < 4.78 is 1.44. The molecule has 88 valence electrons. The number of hydrogen-bond acceptors (Lipinski definition) is 3. The van der Waals surface area contributed by atoms with Crippen molar-refractivity contribution in [3.8, 4) is 6.07 Å². The molecule has 1 amide bonds. The summed E-state index contributed by atoms with van der Waals surface area (Å²) in [5.74, 6) is 0.602. The normalized spacial score (nSPS) is 30.2. The first-order chi connectivity index (χ1) is 8.26. The van der Waals surface area contributed by atoms with Crippen molar-refractivity contribution in [3.63, 3.8) is 0 Å². The molecule has 0 aliphatic carbocycles. The van der Waals surface area contributed by atoms with Gasteiger partial charge in [0.2, 0.25) is 0 Å². The van der Waals surface area contributed by atoms with Crippen molar-refractivity contribution in [1.29, 1.82) is 5.26 Å². The van der Waals surface area contributed by atoms with E-state index >= 15 is 0 Å². The topological polar surface area (TPSA) is 61.1 Å². The smallest absolute Gasteiger partial charge is 0.325 e. The Morgan fingerprint density at radius 2 is 2.41 bits per heavy atom. The number of carbonyl (C=O) groups excluding carboxylic acids is 1. The fourth-order valence-corrected chi connectivity index (χ4v) is 2.77. The maximum Gasteiger partial charge on any atom is 0.325 e. The molecule has 1 N–H and O–H groups in total. The van der Waals surface area contributed by atoms with Gasteiger partial charge < -0.3 is 10.2 Å². The summed E-state index contributed by atoms with van der Waals surface area (Å²) in [6.45, 7) is 3.24. The van der Waals surface area contributed by atoms with Gasteiger partial charge in [-0.1, -0.05) is 0 Å². The van der Waals surface area contributed by atoms with E-state index in [0.717, 1.165) is 13.1 Å². The van der Waals surface area contributed by atoms with E-state index in [-0.39, 0.29) is 12.1 Å². The highest BCUT2D eigenvalue weighted by Gasteiger charge is 2.38. The number of aromatic nitrogens is 1. The summed E-state index contributed by atoms with van der Waals surface area (Å²) in [5, 5.41) is 11.7. The molecule has 2 bridgehead atoms. The van der Waals surface area contributed by atoms with Gasteiger partial charge in [0.1, 0.15) is 6.07 Å². The first-order valence-electron chi connectivity index (χ1n) is 5.87. The molecule has 0 spiro atoms. The van der Waals surface area contributed by atoms with E-state index in [1.807, 2.05) is 6.07 Å². The lowest BCUT2D eigenvalue weighted by Crippen LogP contribution is -2.44. The van der Waals surface area contributed by atoms with Gasteiger partial charge in [-0.15, -0.1) is 0 Å². The molecule has 0 saturated carbocycles. The molecule has 2 saturated heterocycles. The molecular weight excluding hydrogens is 216 g/mol. The SMILES string of the molecule is N#Cc1ccn(C(=O)NC2CN3CC[C@H]2C3)c1. The first-order valence-corrected chi connectivity index (χ1v) is 5.87. The van der Waals surface area contributed by atoms with Crippen molar-refractivity contribution in [2.45, 2.75) is 12.5 Å². The lowest BCUT2D eigenvalue weighted by molar-refractivity contribution is 0.231. The number of hydrogen-bond donors (Lipinski definition) is 1. The summed E-state index contributed by atoms with van der Waals surface area (Å²) in [5.41, 5.74) is 0.511. The zero-order chi connectivity index (χ0) is 11.8. The van der Waals surface area contributed by atoms with Crippen molar-refractivity contribution in [2.75, 3.05) is 19.6 Å². The van der Waals surface area contributed by atoms with Crippen LogP contribution in [0.25, 0.3) is 0 Å². The summed E-state index contributed by atoms with van der Waals surface area (Å²) in [6, 6.07) is 3.79. The quantitative estimate of drug-likeness (QED) is 0.769. The van der Waals surface area contributed by atoms with Crippen LogP contribution in [-0.2, 0) is 0 Å². The molecule has 3 heterocycles. The van der Waals surface area contributed by atoms with Crippen molar-refractivity contribution >= 4 is 6.03 Å². The number of amides is 1. The molecule has 17 heavy (non-hydrogen) atoms. The molecule has 3 rings (SSSR count). The van der Waals surface area contributed by atoms with Crippen LogP contribution in [0.15, 0.2) is 18.5 Å². The average Bonchev–Trinajstić information content (AvgIpc) is 3.04. The Balaban J connectivity index is 1.66. The molecule has 0 aromatic carbocycles. The molecule has 0 radical (unpaired) electrons. The molecule has 5 nitrogen and oxygen atoms in total. The van der Waals surface area contributed by atoms with Crippen LogP contribution in [0.3, 0.4) is 0 Å². The third-order valence-electron chi connectivity index (χ3n) is 3.70. The molecule has 1 aromatic rings. The summed E-state index contributed by atoms with van der Waals surface area (Å²) in [6.07, 6.45) is 4.37. The Morgan fingerprint density at radius 1 is 1.53 bits per heavy atom. The van der Waals surface area contributed by atoms with Gasteiger partial charge >= 0.3 is 6.03 Å². The van der Waals surface area contributed by atoms with E-state index in [0.29, 0.717) is 11.5 Å². The summed E-state index contributed by atoms with van der Waals surface area (Å²) in [4.78, 5) is 14.3. The van der Waals surface area contributed by atoms with Crippen LogP contribution in [0.5, 0.6) is 0 Å². The van der Waals surface area contributed by atoms with Gasteiger partial charge in [-0.2, -0.15) is 5.26 Å². The maximum absolute atomic E-state index is 11.9. The Labute approximate surface area is 99.6 Å². The van der Waals surface area contributed by atoms with E-state index in [2.05, 4.69) is 10.2 Å². The highest BCUT2D eigenvalue weighted by molar-refractivity contribution is 5.77. The fourth-order valence-electron chi connectivity index (χ4n) is 2.77. The zero-order valence-corrected chi connectivity index (χ0v) is 9.47. The van der Waals surface area contributed by atoms with Crippen LogP contribution in [0, 0.1) is 17.2 Å². The standard InChI is InChI=1S/C12H14N4O/c13-5-9-1-4-16(6-9)12(17)14-11-8-15-3-2-10(11)7-15/h1,4,6,10-11H,2-3,7-8H2,(H,14,17)/t10-,11?/m0/s1. The van der Waals surface area contributed by atoms with Crippen LogP contribution >= 0.6 is 0 Å². The Kier molecular flexibility index (Phi) is 2.37. The van der Waals surface area contributed by atoms with E-state index in [1.165, 1.54) is 17.5 Å². The van der Waals surface area contributed by atoms with E-state index < -0.39 is 0 Å². The largest absolute Gasteiger partial charge is 0.333 e. The second kappa shape index (κ2) is 3.90. The van der Waals surface area contributed by atoms with Gasteiger partial charge in [0.25, 0.3) is 0 Å². The fraction of sp³-hybridized carbons (Fsp3) is 0.500. The van der Waals surface area contributed by atoms with Gasteiger partial charge in [-0.3, -0.25) is 4.57 Å². The highest BCUT2D eigenvalue weighted by atomic mass is 16.2. The van der Waals surface area contributed by atoms with Gasteiger partial charge in [-0.25, -0.2) is 4.79 Å². The Bertz CT molecular complexity index is 487. The van der Waals surface area contributed by atoms with Crippen molar-refractivity contribution in [1.82, 2.24) is 14.8 Å². The lowest BCUT2D eigenvalue weighted by Gasteiger charge is -2.23. The van der Waals surface area contributed by atoms with Gasteiger partial charge in [0, 0.05) is 31.5 Å². The second-order valence-electron chi connectivity index (χ2n) is 4.78. The Hall–Kier alpha value is -1.80. The highest BCUT2D eigenvalue weighted by Crippen LogP contribution is 2.27. The first kappa shape index (κ1) is 10.4. The monoisotopic (exact) mass is 230 g/mol.